The number of benzene rings is 3. The average molecular weight is 516 g/mol. The van der Waals surface area contributed by atoms with Crippen LogP contribution in [0, 0.1) is 11.2 Å². The van der Waals surface area contributed by atoms with Gasteiger partial charge in [-0.25, -0.2) is 9.37 Å². The molecule has 8 nitrogen and oxygen atoms in total. The molecule has 3 saturated heterocycles. The fourth-order valence-corrected chi connectivity index (χ4v) is 6.37. The molecule has 9 heteroatoms. The highest BCUT2D eigenvalue weighted by molar-refractivity contribution is 6.01. The van der Waals surface area contributed by atoms with Gasteiger partial charge in [0.25, 0.3) is 0 Å². The topological polar surface area (TPSA) is 105 Å². The molecule has 0 spiro atoms. The maximum atomic E-state index is 16.5. The molecule has 2 atom stereocenters. The lowest BCUT2D eigenvalue weighted by Crippen LogP contribution is -2.61. The minimum absolute atomic E-state index is 0.0727. The van der Waals surface area contributed by atoms with Crippen molar-refractivity contribution >= 4 is 33.4 Å². The van der Waals surface area contributed by atoms with Crippen LogP contribution in [0.1, 0.15) is 12.8 Å². The Labute approximate surface area is 219 Å². The second-order valence-corrected chi connectivity index (χ2v) is 11.1. The normalized spacial score (nSPS) is 22.3. The number of hydrogen-bond donors (Lipinski definition) is 4. The molecule has 4 N–H and O–H groups in total. The zero-order valence-corrected chi connectivity index (χ0v) is 20.9. The number of phenols is 1. The van der Waals surface area contributed by atoms with E-state index in [0.717, 1.165) is 36.7 Å². The van der Waals surface area contributed by atoms with E-state index in [1.165, 1.54) is 0 Å². The minimum atomic E-state index is -0.604. The molecule has 3 aliphatic heterocycles. The van der Waals surface area contributed by atoms with Crippen molar-refractivity contribution in [1.82, 2.24) is 15.3 Å². The number of aromatic nitrogens is 2. The summed E-state index contributed by atoms with van der Waals surface area (Å²) < 4.78 is 16.5. The molecular weight excluding hydrogens is 485 g/mol. The SMILES string of the molecule is OCC1(CO)CN(c2nc(N3CC4CCC(C3)N4)c3ccc(-c4cc(O)cc5ccccc45)c(F)c3n2)C1. The molecule has 0 saturated carbocycles. The van der Waals surface area contributed by atoms with Gasteiger partial charge in [-0.15, -0.1) is 0 Å². The van der Waals surface area contributed by atoms with E-state index in [1.54, 1.807) is 18.2 Å². The maximum absolute atomic E-state index is 16.5. The van der Waals surface area contributed by atoms with E-state index in [-0.39, 0.29) is 24.5 Å². The maximum Gasteiger partial charge on any atom is 0.228 e. The minimum Gasteiger partial charge on any atom is -0.508 e. The van der Waals surface area contributed by atoms with Crippen LogP contribution >= 0.6 is 0 Å². The summed E-state index contributed by atoms with van der Waals surface area (Å²) in [6.07, 6.45) is 2.23. The molecule has 7 rings (SSSR count). The lowest BCUT2D eigenvalue weighted by atomic mass is 9.82. The van der Waals surface area contributed by atoms with Gasteiger partial charge in [-0.3, -0.25) is 0 Å². The number of nitrogens with one attached hydrogen (secondary N) is 1. The molecule has 4 aromatic rings. The monoisotopic (exact) mass is 515 g/mol. The Kier molecular flexibility index (Phi) is 5.43. The molecule has 3 aromatic carbocycles. The van der Waals surface area contributed by atoms with Gasteiger partial charge in [-0.05, 0) is 47.4 Å². The Morgan fingerprint density at radius 3 is 2.37 bits per heavy atom. The number of anilines is 2. The van der Waals surface area contributed by atoms with Crippen LogP contribution in [0.2, 0.25) is 0 Å². The van der Waals surface area contributed by atoms with E-state index < -0.39 is 11.2 Å². The Bertz CT molecular complexity index is 1540. The van der Waals surface area contributed by atoms with Crippen molar-refractivity contribution in [2.75, 3.05) is 49.2 Å². The molecule has 4 heterocycles. The van der Waals surface area contributed by atoms with Gasteiger partial charge < -0.3 is 30.4 Å². The van der Waals surface area contributed by atoms with Gasteiger partial charge in [0.2, 0.25) is 5.95 Å². The number of piperazine rings is 1. The number of halogens is 1. The number of nitrogens with zero attached hydrogens (tertiary/aromatic N) is 4. The van der Waals surface area contributed by atoms with Crippen LogP contribution in [0.4, 0.5) is 16.2 Å². The van der Waals surface area contributed by atoms with Crippen LogP contribution < -0.4 is 15.1 Å². The second-order valence-electron chi connectivity index (χ2n) is 11.1. The van der Waals surface area contributed by atoms with Crippen LogP contribution in [0.3, 0.4) is 0 Å². The first-order chi connectivity index (χ1) is 18.5. The first-order valence-corrected chi connectivity index (χ1v) is 13.2. The van der Waals surface area contributed by atoms with Gasteiger partial charge in [-0.2, -0.15) is 4.98 Å². The molecule has 3 fully saturated rings. The highest BCUT2D eigenvalue weighted by Gasteiger charge is 2.44. The molecule has 196 valence electrons. The number of aliphatic hydroxyl groups excluding tert-OH is 2. The van der Waals surface area contributed by atoms with E-state index in [0.29, 0.717) is 53.5 Å². The summed E-state index contributed by atoms with van der Waals surface area (Å²) in [5.74, 6) is 0.716. The number of rotatable bonds is 5. The third kappa shape index (κ3) is 3.68. The lowest BCUT2D eigenvalue weighted by Gasteiger charge is -2.48. The first-order valence-electron chi connectivity index (χ1n) is 13.2. The molecule has 0 amide bonds. The lowest BCUT2D eigenvalue weighted by molar-refractivity contribution is 0.0298. The molecule has 0 aliphatic carbocycles. The number of phenolic OH excluding ortho intramolecular Hbond substituents is 1. The smallest absolute Gasteiger partial charge is 0.228 e. The predicted octanol–water partition coefficient (Wildman–Crippen LogP) is 3.03. The summed E-state index contributed by atoms with van der Waals surface area (Å²) in [6, 6.07) is 15.3. The molecule has 2 bridgehead atoms. The molecule has 3 aliphatic rings. The van der Waals surface area contributed by atoms with Crippen molar-refractivity contribution in [3.63, 3.8) is 0 Å². The Morgan fingerprint density at radius 2 is 1.63 bits per heavy atom. The largest absolute Gasteiger partial charge is 0.508 e. The summed E-state index contributed by atoms with van der Waals surface area (Å²) in [5.41, 5.74) is 0.592. The molecule has 2 unspecified atom stereocenters. The highest BCUT2D eigenvalue weighted by Crippen LogP contribution is 2.40. The van der Waals surface area contributed by atoms with Crippen molar-refractivity contribution in [3.05, 3.63) is 54.3 Å². The summed E-state index contributed by atoms with van der Waals surface area (Å²) in [5, 5.41) is 35.9. The predicted molar refractivity (Wildman–Crippen MR) is 145 cm³/mol. The van der Waals surface area contributed by atoms with E-state index in [4.69, 9.17) is 9.97 Å². The third-order valence-electron chi connectivity index (χ3n) is 8.43. The van der Waals surface area contributed by atoms with Gasteiger partial charge >= 0.3 is 0 Å². The zero-order chi connectivity index (χ0) is 26.0. The average Bonchev–Trinajstić information content (AvgIpc) is 3.25. The van der Waals surface area contributed by atoms with Crippen molar-refractivity contribution in [2.24, 2.45) is 5.41 Å². The molecular formula is C29H30FN5O3. The van der Waals surface area contributed by atoms with Gasteiger partial charge in [0, 0.05) is 49.2 Å². The zero-order valence-electron chi connectivity index (χ0n) is 20.9. The Hall–Kier alpha value is -3.53. The quantitative estimate of drug-likeness (QED) is 0.322. The van der Waals surface area contributed by atoms with E-state index in [2.05, 4.69) is 10.2 Å². The highest BCUT2D eigenvalue weighted by atomic mass is 19.1. The van der Waals surface area contributed by atoms with Crippen molar-refractivity contribution in [3.8, 4) is 16.9 Å². The van der Waals surface area contributed by atoms with Crippen LogP contribution in [0.25, 0.3) is 32.8 Å². The van der Waals surface area contributed by atoms with E-state index >= 15 is 4.39 Å². The van der Waals surface area contributed by atoms with Gasteiger partial charge in [0.1, 0.15) is 17.1 Å². The second kappa shape index (κ2) is 8.76. The van der Waals surface area contributed by atoms with E-state index in [1.807, 2.05) is 35.2 Å². The Balaban J connectivity index is 1.40. The fourth-order valence-electron chi connectivity index (χ4n) is 6.37. The number of aromatic hydroxyl groups is 1. The van der Waals surface area contributed by atoms with Crippen LogP contribution in [0.5, 0.6) is 5.75 Å². The van der Waals surface area contributed by atoms with Gasteiger partial charge in [0.05, 0.1) is 18.6 Å². The van der Waals surface area contributed by atoms with Crippen molar-refractivity contribution in [2.45, 2.75) is 24.9 Å². The summed E-state index contributed by atoms with van der Waals surface area (Å²) >= 11 is 0. The summed E-state index contributed by atoms with van der Waals surface area (Å²) in [6.45, 7) is 2.11. The molecule has 0 radical (unpaired) electrons. The standard InChI is InChI=1S/C29H30FN5O3/c30-25-22(24-10-20(38)9-17-3-1-2-4-21(17)24)7-8-23-26(25)32-28(35-13-29(14-35,15-36)16-37)33-27(23)34-11-18-5-6-19(12-34)31-18/h1-4,7-10,18-19,31,36-38H,5-6,11-16H2. The van der Waals surface area contributed by atoms with Crippen molar-refractivity contribution < 1.29 is 19.7 Å². The fraction of sp³-hybridized carbons (Fsp3) is 0.379. The summed E-state index contributed by atoms with van der Waals surface area (Å²) in [7, 11) is 0. The molecule has 38 heavy (non-hydrogen) atoms. The Morgan fingerprint density at radius 1 is 0.895 bits per heavy atom. The van der Waals surface area contributed by atoms with Crippen LogP contribution in [-0.2, 0) is 0 Å². The number of fused-ring (bicyclic) bond motifs is 4. The van der Waals surface area contributed by atoms with Crippen LogP contribution in [-0.4, -0.2) is 76.8 Å². The van der Waals surface area contributed by atoms with Gasteiger partial charge in [-0.1, -0.05) is 30.3 Å². The van der Waals surface area contributed by atoms with Crippen LogP contribution in [0.15, 0.2) is 48.5 Å². The van der Waals surface area contributed by atoms with Gasteiger partial charge in [0.15, 0.2) is 5.82 Å². The number of aliphatic hydroxyl groups is 2. The third-order valence-corrected chi connectivity index (χ3v) is 8.43. The van der Waals surface area contributed by atoms with E-state index in [9.17, 15) is 15.3 Å². The molecule has 1 aromatic heterocycles. The summed E-state index contributed by atoms with van der Waals surface area (Å²) in [4.78, 5) is 13.8. The first kappa shape index (κ1) is 23.6. The van der Waals surface area contributed by atoms with Crippen molar-refractivity contribution in [1.29, 1.82) is 0 Å². The number of hydrogen-bond acceptors (Lipinski definition) is 8.